The summed E-state index contributed by atoms with van der Waals surface area (Å²) in [5.74, 6) is -0.309. The standard InChI is InChI=1S/C18H21FN2O2.ClH/c1-2-15(23-17-6-4-3-5-16(17)19)12-21-18(22)11-13-7-9-14(20)10-8-13;/h3-10,15H,2,11-12,20H2,1H3,(H,21,22);1H. The summed E-state index contributed by atoms with van der Waals surface area (Å²) < 4.78 is 19.2. The zero-order valence-electron chi connectivity index (χ0n) is 13.5. The van der Waals surface area contributed by atoms with Crippen molar-refractivity contribution >= 4 is 24.0 Å². The number of nitrogens with one attached hydrogen (secondary N) is 1. The van der Waals surface area contributed by atoms with Crippen molar-refractivity contribution < 1.29 is 13.9 Å². The third-order valence-corrected chi connectivity index (χ3v) is 3.46. The normalized spacial score (nSPS) is 11.2. The van der Waals surface area contributed by atoms with Crippen LogP contribution in [0.3, 0.4) is 0 Å². The first-order valence-corrected chi connectivity index (χ1v) is 7.60. The number of halogens is 2. The quantitative estimate of drug-likeness (QED) is 0.751. The Hall–Kier alpha value is -2.27. The van der Waals surface area contributed by atoms with Crippen LogP contribution in [0.2, 0.25) is 0 Å². The molecule has 1 atom stereocenters. The molecule has 3 N–H and O–H groups in total. The van der Waals surface area contributed by atoms with Gasteiger partial charge in [0.2, 0.25) is 5.91 Å². The van der Waals surface area contributed by atoms with Crippen molar-refractivity contribution in [3.8, 4) is 5.75 Å². The first-order valence-electron chi connectivity index (χ1n) is 7.60. The fourth-order valence-corrected chi connectivity index (χ4v) is 2.10. The third-order valence-electron chi connectivity index (χ3n) is 3.46. The van der Waals surface area contributed by atoms with Gasteiger partial charge >= 0.3 is 0 Å². The zero-order chi connectivity index (χ0) is 16.7. The summed E-state index contributed by atoms with van der Waals surface area (Å²) in [5.41, 5.74) is 7.17. The lowest BCUT2D eigenvalue weighted by atomic mass is 10.1. The van der Waals surface area contributed by atoms with Gasteiger partial charge in [0.05, 0.1) is 13.0 Å². The number of hydrogen-bond acceptors (Lipinski definition) is 3. The SMILES string of the molecule is CCC(CNC(=O)Cc1ccc(N)cc1)Oc1ccccc1F.Cl. The number of amides is 1. The van der Waals surface area contributed by atoms with Crippen LogP contribution >= 0.6 is 12.4 Å². The molecule has 2 aromatic rings. The monoisotopic (exact) mass is 352 g/mol. The number of carbonyl (C=O) groups excluding carboxylic acids is 1. The first-order chi connectivity index (χ1) is 11.1. The van der Waals surface area contributed by atoms with E-state index >= 15 is 0 Å². The summed E-state index contributed by atoms with van der Waals surface area (Å²) in [6.07, 6.45) is 0.662. The van der Waals surface area contributed by atoms with Crippen molar-refractivity contribution in [3.05, 3.63) is 59.9 Å². The van der Waals surface area contributed by atoms with E-state index in [0.717, 1.165) is 5.56 Å². The molecule has 0 saturated carbocycles. The molecular formula is C18H22ClFN2O2. The van der Waals surface area contributed by atoms with Crippen molar-refractivity contribution in [1.82, 2.24) is 5.32 Å². The average molecular weight is 353 g/mol. The third kappa shape index (κ3) is 6.08. The molecule has 0 spiro atoms. The maximum Gasteiger partial charge on any atom is 0.224 e. The molecular weight excluding hydrogens is 331 g/mol. The molecule has 0 aromatic heterocycles. The minimum Gasteiger partial charge on any atom is -0.486 e. The van der Waals surface area contributed by atoms with Crippen molar-refractivity contribution in [2.24, 2.45) is 0 Å². The summed E-state index contributed by atoms with van der Waals surface area (Å²) >= 11 is 0. The van der Waals surface area contributed by atoms with Crippen molar-refractivity contribution in [2.45, 2.75) is 25.9 Å². The van der Waals surface area contributed by atoms with Gasteiger partial charge in [-0.15, -0.1) is 12.4 Å². The molecule has 0 aliphatic rings. The van der Waals surface area contributed by atoms with Crippen LogP contribution in [-0.2, 0) is 11.2 Å². The molecule has 130 valence electrons. The maximum absolute atomic E-state index is 13.6. The van der Waals surface area contributed by atoms with Crippen LogP contribution in [-0.4, -0.2) is 18.6 Å². The average Bonchev–Trinajstić information content (AvgIpc) is 2.55. The molecule has 0 aliphatic heterocycles. The number of para-hydroxylation sites is 1. The summed E-state index contributed by atoms with van der Waals surface area (Å²) in [4.78, 5) is 12.0. The fraction of sp³-hybridized carbons (Fsp3) is 0.278. The van der Waals surface area contributed by atoms with Crippen LogP contribution in [0.1, 0.15) is 18.9 Å². The lowest BCUT2D eigenvalue weighted by Gasteiger charge is -2.18. The smallest absolute Gasteiger partial charge is 0.224 e. The van der Waals surface area contributed by atoms with Gasteiger partial charge in [-0.2, -0.15) is 0 Å². The van der Waals surface area contributed by atoms with E-state index in [2.05, 4.69) is 5.32 Å². The molecule has 0 heterocycles. The summed E-state index contributed by atoms with van der Waals surface area (Å²) in [7, 11) is 0. The van der Waals surface area contributed by atoms with Crippen LogP contribution < -0.4 is 15.8 Å². The number of hydrogen-bond donors (Lipinski definition) is 2. The molecule has 2 rings (SSSR count). The summed E-state index contributed by atoms with van der Waals surface area (Å²) in [5, 5.41) is 2.82. The molecule has 1 unspecified atom stereocenters. The minimum absolute atomic E-state index is 0. The van der Waals surface area contributed by atoms with Gasteiger partial charge in [0.1, 0.15) is 6.10 Å². The van der Waals surface area contributed by atoms with Crippen LogP contribution in [0.5, 0.6) is 5.75 Å². The van der Waals surface area contributed by atoms with Crippen molar-refractivity contribution in [1.29, 1.82) is 0 Å². The molecule has 0 radical (unpaired) electrons. The molecule has 0 aliphatic carbocycles. The van der Waals surface area contributed by atoms with E-state index in [1.54, 1.807) is 30.3 Å². The first kappa shape index (κ1) is 19.8. The number of anilines is 1. The molecule has 0 saturated heterocycles. The highest BCUT2D eigenvalue weighted by Gasteiger charge is 2.12. The Morgan fingerprint density at radius 1 is 1.21 bits per heavy atom. The Bertz CT molecular complexity index is 650. The molecule has 1 amide bonds. The maximum atomic E-state index is 13.6. The number of benzene rings is 2. The van der Waals surface area contributed by atoms with Crippen molar-refractivity contribution in [2.75, 3.05) is 12.3 Å². The predicted octanol–water partition coefficient (Wildman–Crippen LogP) is 3.35. The van der Waals surface area contributed by atoms with E-state index in [0.29, 0.717) is 18.7 Å². The van der Waals surface area contributed by atoms with Gasteiger partial charge in [-0.3, -0.25) is 4.79 Å². The molecule has 0 fully saturated rings. The molecule has 4 nitrogen and oxygen atoms in total. The van der Waals surface area contributed by atoms with Crippen molar-refractivity contribution in [3.63, 3.8) is 0 Å². The van der Waals surface area contributed by atoms with Gasteiger partial charge in [-0.1, -0.05) is 31.2 Å². The highest BCUT2D eigenvalue weighted by Crippen LogP contribution is 2.17. The number of ether oxygens (including phenoxy) is 1. The fourth-order valence-electron chi connectivity index (χ4n) is 2.10. The topological polar surface area (TPSA) is 64.4 Å². The van der Waals surface area contributed by atoms with Crippen LogP contribution in [0.4, 0.5) is 10.1 Å². The summed E-state index contributed by atoms with van der Waals surface area (Å²) in [6, 6.07) is 13.4. The van der Waals surface area contributed by atoms with E-state index in [1.165, 1.54) is 6.07 Å². The minimum atomic E-state index is -0.404. The molecule has 24 heavy (non-hydrogen) atoms. The molecule has 6 heteroatoms. The van der Waals surface area contributed by atoms with E-state index < -0.39 is 5.82 Å². The second-order valence-corrected chi connectivity index (χ2v) is 5.30. The van der Waals surface area contributed by atoms with E-state index in [9.17, 15) is 9.18 Å². The van der Waals surface area contributed by atoms with Gasteiger partial charge in [0, 0.05) is 5.69 Å². The lowest BCUT2D eigenvalue weighted by Crippen LogP contribution is -2.35. The Labute approximate surface area is 147 Å². The van der Waals surface area contributed by atoms with E-state index in [1.807, 2.05) is 19.1 Å². The van der Waals surface area contributed by atoms with Crippen LogP contribution in [0, 0.1) is 5.82 Å². The Morgan fingerprint density at radius 2 is 1.88 bits per heavy atom. The predicted molar refractivity (Wildman–Crippen MR) is 95.9 cm³/mol. The van der Waals surface area contributed by atoms with Gasteiger partial charge in [-0.25, -0.2) is 4.39 Å². The number of carbonyl (C=O) groups is 1. The number of nitrogen functional groups attached to an aromatic ring is 1. The highest BCUT2D eigenvalue weighted by atomic mass is 35.5. The Balaban J connectivity index is 0.00000288. The second-order valence-electron chi connectivity index (χ2n) is 5.30. The van der Waals surface area contributed by atoms with Crippen LogP contribution in [0.15, 0.2) is 48.5 Å². The number of nitrogens with two attached hydrogens (primary N) is 1. The Kier molecular flexibility index (Phi) is 8.06. The molecule has 0 bridgehead atoms. The second kappa shape index (κ2) is 9.78. The van der Waals surface area contributed by atoms with E-state index in [4.69, 9.17) is 10.5 Å². The van der Waals surface area contributed by atoms with Gasteiger partial charge < -0.3 is 15.8 Å². The van der Waals surface area contributed by atoms with Gasteiger partial charge in [-0.05, 0) is 36.2 Å². The van der Waals surface area contributed by atoms with Gasteiger partial charge in [0.15, 0.2) is 11.6 Å². The lowest BCUT2D eigenvalue weighted by molar-refractivity contribution is -0.120. The summed E-state index contributed by atoms with van der Waals surface area (Å²) in [6.45, 7) is 2.26. The van der Waals surface area contributed by atoms with Crippen LogP contribution in [0.25, 0.3) is 0 Å². The zero-order valence-corrected chi connectivity index (χ0v) is 14.3. The van der Waals surface area contributed by atoms with E-state index in [-0.39, 0.29) is 36.6 Å². The van der Waals surface area contributed by atoms with Gasteiger partial charge in [0.25, 0.3) is 0 Å². The number of rotatable bonds is 7. The molecule has 2 aromatic carbocycles. The Morgan fingerprint density at radius 3 is 2.50 bits per heavy atom. The largest absolute Gasteiger partial charge is 0.486 e. The highest BCUT2D eigenvalue weighted by molar-refractivity contribution is 5.85.